The van der Waals surface area contributed by atoms with Crippen molar-refractivity contribution >= 4 is 17.8 Å². The molecule has 1 aliphatic rings. The zero-order valence-corrected chi connectivity index (χ0v) is 13.4. The molecule has 0 unspecified atom stereocenters. The molecule has 5 nitrogen and oxygen atoms in total. The third kappa shape index (κ3) is 3.35. The molecular formula is C19H18N2O3. The number of imide groups is 2. The molecule has 1 aliphatic heterocycles. The molecule has 0 spiro atoms. The lowest BCUT2D eigenvalue weighted by atomic mass is 10.1. The Kier molecular flexibility index (Phi) is 4.42. The Hall–Kier alpha value is -2.95. The molecule has 24 heavy (non-hydrogen) atoms. The first-order valence-corrected chi connectivity index (χ1v) is 7.79. The molecule has 5 heteroatoms. The van der Waals surface area contributed by atoms with Crippen LogP contribution in [0.15, 0.2) is 54.6 Å². The van der Waals surface area contributed by atoms with Gasteiger partial charge in [-0.15, -0.1) is 0 Å². The van der Waals surface area contributed by atoms with Gasteiger partial charge in [0, 0.05) is 0 Å². The average molecular weight is 322 g/mol. The van der Waals surface area contributed by atoms with Gasteiger partial charge >= 0.3 is 6.03 Å². The standard InChI is InChI=1S/C19H18N2O3/c1-14-7-9-16(10-8-14)13-21-18(23)11-17(22)20(19(21)24)12-15-5-3-2-4-6-15/h2-10H,11-13H2,1H3. The number of urea groups is 1. The van der Waals surface area contributed by atoms with Crippen LogP contribution in [0.1, 0.15) is 23.1 Å². The van der Waals surface area contributed by atoms with Crippen LogP contribution in [0.4, 0.5) is 4.79 Å². The molecule has 0 bridgehead atoms. The normalized spacial score (nSPS) is 15.1. The summed E-state index contributed by atoms with van der Waals surface area (Å²) < 4.78 is 0. The van der Waals surface area contributed by atoms with E-state index in [1.54, 1.807) is 0 Å². The summed E-state index contributed by atoms with van der Waals surface area (Å²) in [6.45, 7) is 2.33. The second-order valence-electron chi connectivity index (χ2n) is 5.89. The second-order valence-corrected chi connectivity index (χ2v) is 5.89. The summed E-state index contributed by atoms with van der Waals surface area (Å²) in [6, 6.07) is 16.3. The van der Waals surface area contributed by atoms with Crippen molar-refractivity contribution in [2.24, 2.45) is 0 Å². The highest BCUT2D eigenvalue weighted by Crippen LogP contribution is 2.18. The molecule has 0 aliphatic carbocycles. The van der Waals surface area contributed by atoms with E-state index >= 15 is 0 Å². The van der Waals surface area contributed by atoms with E-state index in [9.17, 15) is 14.4 Å². The lowest BCUT2D eigenvalue weighted by Gasteiger charge is -2.32. The van der Waals surface area contributed by atoms with Crippen molar-refractivity contribution in [1.82, 2.24) is 9.80 Å². The summed E-state index contributed by atoms with van der Waals surface area (Å²) in [4.78, 5) is 39.2. The van der Waals surface area contributed by atoms with E-state index in [0.717, 1.165) is 26.5 Å². The van der Waals surface area contributed by atoms with Gasteiger partial charge in [-0.3, -0.25) is 19.4 Å². The van der Waals surface area contributed by atoms with Crippen LogP contribution in [-0.2, 0) is 22.7 Å². The second kappa shape index (κ2) is 6.66. The lowest BCUT2D eigenvalue weighted by molar-refractivity contribution is -0.143. The maximum Gasteiger partial charge on any atom is 0.334 e. The van der Waals surface area contributed by atoms with E-state index in [1.807, 2.05) is 61.5 Å². The minimum atomic E-state index is -0.555. The van der Waals surface area contributed by atoms with Gasteiger partial charge in [0.2, 0.25) is 11.8 Å². The molecule has 1 saturated heterocycles. The number of hydrogen-bond donors (Lipinski definition) is 0. The van der Waals surface area contributed by atoms with E-state index in [1.165, 1.54) is 0 Å². The predicted octanol–water partition coefficient (Wildman–Crippen LogP) is 2.88. The summed E-state index contributed by atoms with van der Waals surface area (Å²) >= 11 is 0. The highest BCUT2D eigenvalue weighted by atomic mass is 16.2. The minimum Gasteiger partial charge on any atom is -0.274 e. The van der Waals surface area contributed by atoms with E-state index in [0.29, 0.717) is 0 Å². The fourth-order valence-corrected chi connectivity index (χ4v) is 2.63. The Bertz CT molecular complexity index is 769. The van der Waals surface area contributed by atoms with Gasteiger partial charge < -0.3 is 0 Å². The van der Waals surface area contributed by atoms with Gasteiger partial charge in [0.1, 0.15) is 6.42 Å². The zero-order chi connectivity index (χ0) is 17.1. The molecule has 0 saturated carbocycles. The fraction of sp³-hybridized carbons (Fsp3) is 0.211. The van der Waals surface area contributed by atoms with Crippen LogP contribution in [-0.4, -0.2) is 27.6 Å². The highest BCUT2D eigenvalue weighted by Gasteiger charge is 2.37. The summed E-state index contributed by atoms with van der Waals surface area (Å²) in [5.74, 6) is -0.899. The van der Waals surface area contributed by atoms with Crippen molar-refractivity contribution in [3.63, 3.8) is 0 Å². The van der Waals surface area contributed by atoms with Gasteiger partial charge in [-0.1, -0.05) is 60.2 Å². The van der Waals surface area contributed by atoms with Crippen molar-refractivity contribution in [2.45, 2.75) is 26.4 Å². The van der Waals surface area contributed by atoms with E-state index in [-0.39, 0.29) is 19.5 Å². The number of benzene rings is 2. The van der Waals surface area contributed by atoms with Crippen LogP contribution < -0.4 is 0 Å². The molecule has 1 fully saturated rings. The number of barbiturate groups is 1. The van der Waals surface area contributed by atoms with Gasteiger partial charge in [0.05, 0.1) is 13.1 Å². The maximum atomic E-state index is 12.6. The van der Waals surface area contributed by atoms with Crippen molar-refractivity contribution in [2.75, 3.05) is 0 Å². The third-order valence-electron chi connectivity index (χ3n) is 4.01. The fourth-order valence-electron chi connectivity index (χ4n) is 2.63. The van der Waals surface area contributed by atoms with E-state index in [2.05, 4.69) is 0 Å². The first-order valence-electron chi connectivity index (χ1n) is 7.79. The number of nitrogens with zero attached hydrogens (tertiary/aromatic N) is 2. The zero-order valence-electron chi connectivity index (χ0n) is 13.4. The van der Waals surface area contributed by atoms with E-state index in [4.69, 9.17) is 0 Å². The monoisotopic (exact) mass is 322 g/mol. The molecule has 0 N–H and O–H groups in total. The van der Waals surface area contributed by atoms with Gasteiger partial charge in [0.15, 0.2) is 0 Å². The Labute approximate surface area is 140 Å². The first kappa shape index (κ1) is 15.9. The number of rotatable bonds is 4. The molecule has 3 rings (SSSR count). The minimum absolute atomic E-state index is 0.177. The molecule has 0 radical (unpaired) electrons. The van der Waals surface area contributed by atoms with Crippen LogP contribution in [0.3, 0.4) is 0 Å². The van der Waals surface area contributed by atoms with Crippen LogP contribution in [0.2, 0.25) is 0 Å². The van der Waals surface area contributed by atoms with Crippen molar-refractivity contribution < 1.29 is 14.4 Å². The molecule has 2 aromatic rings. The molecular weight excluding hydrogens is 304 g/mol. The molecule has 0 aromatic heterocycles. The van der Waals surface area contributed by atoms with Gasteiger partial charge in [-0.2, -0.15) is 0 Å². The number of carbonyl (C=O) groups excluding carboxylic acids is 3. The van der Waals surface area contributed by atoms with Crippen LogP contribution in [0.25, 0.3) is 0 Å². The van der Waals surface area contributed by atoms with Crippen molar-refractivity contribution in [3.05, 3.63) is 71.3 Å². The SMILES string of the molecule is Cc1ccc(CN2C(=O)CC(=O)N(Cc3ccccc3)C2=O)cc1. The van der Waals surface area contributed by atoms with Crippen molar-refractivity contribution in [3.8, 4) is 0 Å². The quantitative estimate of drug-likeness (QED) is 0.813. The predicted molar refractivity (Wildman–Crippen MR) is 88.7 cm³/mol. The van der Waals surface area contributed by atoms with Crippen LogP contribution >= 0.6 is 0 Å². The van der Waals surface area contributed by atoms with Gasteiger partial charge in [-0.05, 0) is 18.1 Å². The topological polar surface area (TPSA) is 57.7 Å². The maximum absolute atomic E-state index is 12.6. The number of amides is 4. The van der Waals surface area contributed by atoms with Gasteiger partial charge in [-0.25, -0.2) is 4.79 Å². The Morgan fingerprint density at radius 2 is 1.25 bits per heavy atom. The highest BCUT2D eigenvalue weighted by molar-refractivity contribution is 6.13. The Morgan fingerprint density at radius 3 is 1.79 bits per heavy atom. The molecule has 2 aromatic carbocycles. The van der Waals surface area contributed by atoms with E-state index < -0.39 is 17.8 Å². The average Bonchev–Trinajstić information content (AvgIpc) is 2.58. The van der Waals surface area contributed by atoms with Crippen molar-refractivity contribution in [1.29, 1.82) is 0 Å². The Balaban J connectivity index is 1.79. The summed E-state index contributed by atoms with van der Waals surface area (Å²) in [5.41, 5.74) is 2.82. The number of aryl methyl sites for hydroxylation is 1. The Morgan fingerprint density at radius 1 is 0.750 bits per heavy atom. The van der Waals surface area contributed by atoms with Gasteiger partial charge in [0.25, 0.3) is 0 Å². The molecule has 4 amide bonds. The third-order valence-corrected chi connectivity index (χ3v) is 4.01. The number of hydrogen-bond acceptors (Lipinski definition) is 3. The molecule has 1 heterocycles. The smallest absolute Gasteiger partial charge is 0.274 e. The summed E-state index contributed by atoms with van der Waals surface area (Å²) in [7, 11) is 0. The summed E-state index contributed by atoms with van der Waals surface area (Å²) in [5, 5.41) is 0. The largest absolute Gasteiger partial charge is 0.334 e. The number of carbonyl (C=O) groups is 3. The molecule has 0 atom stereocenters. The lowest BCUT2D eigenvalue weighted by Crippen LogP contribution is -2.54. The van der Waals surface area contributed by atoms with Crippen LogP contribution in [0, 0.1) is 6.92 Å². The van der Waals surface area contributed by atoms with Crippen LogP contribution in [0.5, 0.6) is 0 Å². The first-order chi connectivity index (χ1) is 11.5. The molecule has 122 valence electrons. The summed E-state index contributed by atoms with van der Waals surface area (Å²) in [6.07, 6.45) is -0.273.